The van der Waals surface area contributed by atoms with Gasteiger partial charge in [-0.3, -0.25) is 9.69 Å². The third kappa shape index (κ3) is 4.96. The Morgan fingerprint density at radius 3 is 2.41 bits per heavy atom. The van der Waals surface area contributed by atoms with E-state index >= 15 is 0 Å². The van der Waals surface area contributed by atoms with Crippen molar-refractivity contribution in [2.24, 2.45) is 0 Å². The molecule has 2 heterocycles. The van der Waals surface area contributed by atoms with Crippen molar-refractivity contribution in [1.82, 2.24) is 14.7 Å². The van der Waals surface area contributed by atoms with E-state index in [1.807, 2.05) is 54.9 Å². The highest BCUT2D eigenvalue weighted by atomic mass is 16.5. The Bertz CT molecular complexity index is 769. The van der Waals surface area contributed by atoms with E-state index in [1.165, 1.54) is 0 Å². The maximum absolute atomic E-state index is 12.7. The molecular formula is C21H30N4O2. The summed E-state index contributed by atoms with van der Waals surface area (Å²) >= 11 is 0. The fourth-order valence-electron chi connectivity index (χ4n) is 3.40. The second-order valence-electron chi connectivity index (χ2n) is 8.41. The number of anilines is 1. The second kappa shape index (κ2) is 7.82. The fraction of sp³-hybridized carbons (Fsp3) is 0.524. The van der Waals surface area contributed by atoms with Gasteiger partial charge in [0.1, 0.15) is 5.82 Å². The summed E-state index contributed by atoms with van der Waals surface area (Å²) in [5.74, 6) is 0.666. The zero-order chi connectivity index (χ0) is 19.6. The highest BCUT2D eigenvalue weighted by Gasteiger charge is 2.25. The van der Waals surface area contributed by atoms with E-state index in [4.69, 9.17) is 9.84 Å². The maximum Gasteiger partial charge on any atom is 0.239 e. The van der Waals surface area contributed by atoms with Gasteiger partial charge in [-0.05, 0) is 26.0 Å². The number of para-hydroxylation sites is 1. The van der Waals surface area contributed by atoms with Crippen molar-refractivity contribution in [1.29, 1.82) is 0 Å². The van der Waals surface area contributed by atoms with Crippen LogP contribution < -0.4 is 5.32 Å². The van der Waals surface area contributed by atoms with Crippen molar-refractivity contribution in [3.63, 3.8) is 0 Å². The lowest BCUT2D eigenvalue weighted by Gasteiger charge is -2.34. The molecule has 1 fully saturated rings. The number of nitrogens with one attached hydrogen (secondary N) is 1. The second-order valence-corrected chi connectivity index (χ2v) is 8.41. The minimum Gasteiger partial charge on any atom is -0.373 e. The minimum atomic E-state index is -0.103. The van der Waals surface area contributed by atoms with E-state index in [9.17, 15) is 4.79 Å². The highest BCUT2D eigenvalue weighted by Crippen LogP contribution is 2.26. The number of amides is 1. The zero-order valence-corrected chi connectivity index (χ0v) is 16.9. The van der Waals surface area contributed by atoms with Crippen LogP contribution >= 0.6 is 0 Å². The number of rotatable bonds is 4. The Balaban J connectivity index is 1.79. The van der Waals surface area contributed by atoms with Gasteiger partial charge in [0.25, 0.3) is 0 Å². The molecule has 0 bridgehead atoms. The molecule has 2 atom stereocenters. The molecule has 1 amide bonds. The van der Waals surface area contributed by atoms with E-state index in [2.05, 4.69) is 31.0 Å². The number of morpholine rings is 1. The number of carbonyl (C=O) groups excluding carboxylic acids is 1. The molecule has 0 radical (unpaired) electrons. The van der Waals surface area contributed by atoms with Crippen molar-refractivity contribution in [3.8, 4) is 5.69 Å². The van der Waals surface area contributed by atoms with Gasteiger partial charge in [0.2, 0.25) is 5.91 Å². The summed E-state index contributed by atoms with van der Waals surface area (Å²) in [5, 5.41) is 7.80. The van der Waals surface area contributed by atoms with Crippen molar-refractivity contribution < 1.29 is 9.53 Å². The molecule has 1 N–H and O–H groups in total. The quantitative estimate of drug-likeness (QED) is 0.898. The van der Waals surface area contributed by atoms with Crippen LogP contribution in [0.1, 0.15) is 40.3 Å². The molecule has 27 heavy (non-hydrogen) atoms. The Kier molecular flexibility index (Phi) is 5.67. The topological polar surface area (TPSA) is 59.4 Å². The van der Waals surface area contributed by atoms with Crippen LogP contribution in [0.3, 0.4) is 0 Å². The number of carbonyl (C=O) groups is 1. The number of hydrogen-bond acceptors (Lipinski definition) is 4. The summed E-state index contributed by atoms with van der Waals surface area (Å²) in [6.45, 7) is 12.3. The number of aromatic nitrogens is 2. The zero-order valence-electron chi connectivity index (χ0n) is 16.9. The van der Waals surface area contributed by atoms with E-state index in [-0.39, 0.29) is 23.5 Å². The lowest BCUT2D eigenvalue weighted by molar-refractivity contribution is -0.121. The molecule has 1 aliphatic rings. The molecule has 2 unspecified atom stereocenters. The number of ether oxygens (including phenoxy) is 1. The van der Waals surface area contributed by atoms with Crippen LogP contribution in [-0.2, 0) is 14.9 Å². The largest absolute Gasteiger partial charge is 0.373 e. The average Bonchev–Trinajstić information content (AvgIpc) is 2.98. The summed E-state index contributed by atoms with van der Waals surface area (Å²) in [4.78, 5) is 14.8. The molecule has 0 aliphatic carbocycles. The van der Waals surface area contributed by atoms with Crippen LogP contribution in [0.15, 0.2) is 36.4 Å². The molecular weight excluding hydrogens is 340 g/mol. The molecule has 146 valence electrons. The standard InChI is InChI=1S/C21H30N4O2/c1-15-12-24(13-16(2)27-15)14-20(26)22-19-11-18(21(3,4)5)23-25(19)17-9-7-6-8-10-17/h6-11,15-16H,12-14H2,1-5H3,(H,22,26). The van der Waals surface area contributed by atoms with Crippen LogP contribution in [0.4, 0.5) is 5.82 Å². The summed E-state index contributed by atoms with van der Waals surface area (Å²) in [6, 6.07) is 11.8. The van der Waals surface area contributed by atoms with Gasteiger partial charge in [-0.25, -0.2) is 4.68 Å². The number of nitrogens with zero attached hydrogens (tertiary/aromatic N) is 3. The maximum atomic E-state index is 12.7. The number of hydrogen-bond donors (Lipinski definition) is 1. The Hall–Kier alpha value is -2.18. The van der Waals surface area contributed by atoms with Gasteiger partial charge in [-0.2, -0.15) is 5.10 Å². The van der Waals surface area contributed by atoms with E-state index in [1.54, 1.807) is 0 Å². The van der Waals surface area contributed by atoms with Crippen LogP contribution in [-0.4, -0.2) is 52.4 Å². The van der Waals surface area contributed by atoms with Gasteiger partial charge in [-0.1, -0.05) is 39.0 Å². The van der Waals surface area contributed by atoms with Crippen molar-refractivity contribution in [2.75, 3.05) is 25.0 Å². The molecule has 2 aromatic rings. The third-order valence-electron chi connectivity index (χ3n) is 4.61. The molecule has 6 nitrogen and oxygen atoms in total. The SMILES string of the molecule is CC1CN(CC(=O)Nc2cc(C(C)(C)C)nn2-c2ccccc2)CC(C)O1. The third-order valence-corrected chi connectivity index (χ3v) is 4.61. The monoisotopic (exact) mass is 370 g/mol. The normalized spacial score (nSPS) is 21.2. The summed E-state index contributed by atoms with van der Waals surface area (Å²) in [7, 11) is 0. The molecule has 0 spiro atoms. The average molecular weight is 370 g/mol. The van der Waals surface area contributed by atoms with Gasteiger partial charge in [0.15, 0.2) is 0 Å². The van der Waals surface area contributed by atoms with Gasteiger partial charge in [0, 0.05) is 24.6 Å². The van der Waals surface area contributed by atoms with E-state index in [0.717, 1.165) is 24.5 Å². The Labute approximate surface area is 161 Å². The summed E-state index contributed by atoms with van der Waals surface area (Å²) in [5.41, 5.74) is 1.77. The summed E-state index contributed by atoms with van der Waals surface area (Å²) < 4.78 is 7.56. The van der Waals surface area contributed by atoms with E-state index in [0.29, 0.717) is 12.4 Å². The molecule has 1 saturated heterocycles. The van der Waals surface area contributed by atoms with Gasteiger partial charge >= 0.3 is 0 Å². The van der Waals surface area contributed by atoms with Crippen LogP contribution in [0.25, 0.3) is 5.69 Å². The molecule has 6 heteroatoms. The lowest BCUT2D eigenvalue weighted by Crippen LogP contribution is -2.48. The van der Waals surface area contributed by atoms with E-state index < -0.39 is 0 Å². The first-order valence-electron chi connectivity index (χ1n) is 9.56. The Morgan fingerprint density at radius 1 is 1.19 bits per heavy atom. The Morgan fingerprint density at radius 2 is 1.81 bits per heavy atom. The smallest absolute Gasteiger partial charge is 0.239 e. The number of benzene rings is 1. The first-order valence-corrected chi connectivity index (χ1v) is 9.56. The lowest BCUT2D eigenvalue weighted by atomic mass is 9.92. The van der Waals surface area contributed by atoms with Crippen LogP contribution in [0, 0.1) is 0 Å². The predicted octanol–water partition coefficient (Wildman–Crippen LogP) is 3.22. The van der Waals surface area contributed by atoms with Crippen molar-refractivity contribution in [2.45, 2.75) is 52.2 Å². The first-order chi connectivity index (χ1) is 12.7. The minimum absolute atomic E-state index is 0.0335. The first kappa shape index (κ1) is 19.6. The molecule has 3 rings (SSSR count). The predicted molar refractivity (Wildman–Crippen MR) is 107 cm³/mol. The van der Waals surface area contributed by atoms with Crippen LogP contribution in [0.5, 0.6) is 0 Å². The van der Waals surface area contributed by atoms with Crippen molar-refractivity contribution >= 4 is 11.7 Å². The van der Waals surface area contributed by atoms with Gasteiger partial charge < -0.3 is 10.1 Å². The highest BCUT2D eigenvalue weighted by molar-refractivity contribution is 5.91. The molecule has 1 aliphatic heterocycles. The molecule has 0 saturated carbocycles. The van der Waals surface area contributed by atoms with Crippen LogP contribution in [0.2, 0.25) is 0 Å². The summed E-state index contributed by atoms with van der Waals surface area (Å²) in [6.07, 6.45) is 0.285. The molecule has 1 aromatic heterocycles. The molecule has 1 aromatic carbocycles. The fourth-order valence-corrected chi connectivity index (χ4v) is 3.40. The van der Waals surface area contributed by atoms with Gasteiger partial charge in [-0.15, -0.1) is 0 Å². The van der Waals surface area contributed by atoms with Gasteiger partial charge in [0.05, 0.1) is 30.1 Å². The van der Waals surface area contributed by atoms with Crippen molar-refractivity contribution in [3.05, 3.63) is 42.1 Å².